The normalized spacial score (nSPS) is 16.7. The highest BCUT2D eigenvalue weighted by atomic mass is 16.5. The van der Waals surface area contributed by atoms with Crippen LogP contribution in [0.25, 0.3) is 11.3 Å². The number of carbonyl (C=O) groups excluding carboxylic acids is 1. The summed E-state index contributed by atoms with van der Waals surface area (Å²) in [6.45, 7) is 3.15. The molecule has 1 aliphatic heterocycles. The van der Waals surface area contributed by atoms with Gasteiger partial charge in [-0.1, -0.05) is 12.1 Å². The van der Waals surface area contributed by atoms with E-state index in [-0.39, 0.29) is 17.9 Å². The highest BCUT2D eigenvalue weighted by Gasteiger charge is 2.29. The van der Waals surface area contributed by atoms with E-state index >= 15 is 0 Å². The molecule has 0 bridgehead atoms. The SMILES string of the molecule is COc1ccccc1-c1nn(C)cc1C(=O)N1CCC(C(C)O)CC1. The Bertz CT molecular complexity index is 746. The fourth-order valence-electron chi connectivity index (χ4n) is 3.44. The summed E-state index contributed by atoms with van der Waals surface area (Å²) in [5.41, 5.74) is 2.04. The molecule has 134 valence electrons. The summed E-state index contributed by atoms with van der Waals surface area (Å²) < 4.78 is 7.09. The van der Waals surface area contributed by atoms with E-state index < -0.39 is 0 Å². The van der Waals surface area contributed by atoms with Crippen LogP contribution >= 0.6 is 0 Å². The molecule has 1 aromatic heterocycles. The lowest BCUT2D eigenvalue weighted by molar-refractivity contribution is 0.0522. The molecule has 1 aliphatic rings. The van der Waals surface area contributed by atoms with Gasteiger partial charge >= 0.3 is 0 Å². The Labute approximate surface area is 148 Å². The number of aliphatic hydroxyl groups is 1. The summed E-state index contributed by atoms with van der Waals surface area (Å²) in [6, 6.07) is 7.59. The third-order valence-corrected chi connectivity index (χ3v) is 4.93. The number of aliphatic hydroxyl groups excluding tert-OH is 1. The molecule has 1 unspecified atom stereocenters. The van der Waals surface area contributed by atoms with E-state index in [0.717, 1.165) is 18.4 Å². The average molecular weight is 343 g/mol. The van der Waals surface area contributed by atoms with Crippen LogP contribution in [0.4, 0.5) is 0 Å². The van der Waals surface area contributed by atoms with Crippen LogP contribution in [0.5, 0.6) is 5.75 Å². The minimum absolute atomic E-state index is 0.0157. The number of benzene rings is 1. The van der Waals surface area contributed by atoms with Crippen LogP contribution < -0.4 is 4.74 Å². The lowest BCUT2D eigenvalue weighted by atomic mass is 9.92. The van der Waals surface area contributed by atoms with Gasteiger partial charge in [0.05, 0.1) is 18.8 Å². The minimum Gasteiger partial charge on any atom is -0.496 e. The average Bonchev–Trinajstić information content (AvgIpc) is 3.02. The summed E-state index contributed by atoms with van der Waals surface area (Å²) in [6.07, 6.45) is 3.10. The summed E-state index contributed by atoms with van der Waals surface area (Å²) in [4.78, 5) is 14.9. The van der Waals surface area contributed by atoms with Crippen molar-refractivity contribution in [2.45, 2.75) is 25.9 Å². The zero-order chi connectivity index (χ0) is 18.0. The zero-order valence-electron chi connectivity index (χ0n) is 15.0. The fourth-order valence-corrected chi connectivity index (χ4v) is 3.44. The molecule has 1 aromatic carbocycles. The quantitative estimate of drug-likeness (QED) is 0.925. The number of aromatic nitrogens is 2. The number of para-hydroxylation sites is 1. The van der Waals surface area contributed by atoms with Crippen LogP contribution in [0, 0.1) is 5.92 Å². The van der Waals surface area contributed by atoms with Crippen molar-refractivity contribution in [2.75, 3.05) is 20.2 Å². The van der Waals surface area contributed by atoms with Gasteiger partial charge in [-0.3, -0.25) is 9.48 Å². The Balaban J connectivity index is 1.87. The summed E-state index contributed by atoms with van der Waals surface area (Å²) in [5, 5.41) is 14.2. The monoisotopic (exact) mass is 343 g/mol. The van der Waals surface area contributed by atoms with Crippen LogP contribution in [0.3, 0.4) is 0 Å². The molecule has 6 nitrogen and oxygen atoms in total. The lowest BCUT2D eigenvalue weighted by Gasteiger charge is -2.33. The predicted molar refractivity (Wildman–Crippen MR) is 95.5 cm³/mol. The first-order valence-corrected chi connectivity index (χ1v) is 8.65. The molecule has 3 rings (SSSR count). The van der Waals surface area contributed by atoms with Crippen molar-refractivity contribution in [1.29, 1.82) is 0 Å². The molecule has 2 heterocycles. The van der Waals surface area contributed by atoms with Crippen molar-refractivity contribution < 1.29 is 14.6 Å². The molecule has 0 aliphatic carbocycles. The van der Waals surface area contributed by atoms with Crippen molar-refractivity contribution in [2.24, 2.45) is 13.0 Å². The molecule has 0 saturated carbocycles. The van der Waals surface area contributed by atoms with Gasteiger partial charge < -0.3 is 14.7 Å². The molecule has 1 N–H and O–H groups in total. The number of carbonyl (C=O) groups is 1. The Morgan fingerprint density at radius 3 is 2.64 bits per heavy atom. The van der Waals surface area contributed by atoms with Crippen LogP contribution in [0.15, 0.2) is 30.5 Å². The molecule has 0 spiro atoms. The Morgan fingerprint density at radius 2 is 2.00 bits per heavy atom. The minimum atomic E-state index is -0.320. The number of nitrogens with zero attached hydrogens (tertiary/aromatic N) is 3. The van der Waals surface area contributed by atoms with E-state index in [4.69, 9.17) is 4.74 Å². The van der Waals surface area contributed by atoms with E-state index in [9.17, 15) is 9.90 Å². The van der Waals surface area contributed by atoms with E-state index in [1.54, 1.807) is 18.0 Å². The van der Waals surface area contributed by atoms with Crippen molar-refractivity contribution in [1.82, 2.24) is 14.7 Å². The maximum atomic E-state index is 13.1. The van der Waals surface area contributed by atoms with Crippen LogP contribution in [-0.2, 0) is 7.05 Å². The smallest absolute Gasteiger partial charge is 0.257 e. The molecule has 1 saturated heterocycles. The second kappa shape index (κ2) is 7.27. The number of rotatable bonds is 4. The summed E-state index contributed by atoms with van der Waals surface area (Å²) in [7, 11) is 3.43. The van der Waals surface area contributed by atoms with Gasteiger partial charge in [0, 0.05) is 31.9 Å². The van der Waals surface area contributed by atoms with Gasteiger partial charge in [0.25, 0.3) is 5.91 Å². The first-order valence-electron chi connectivity index (χ1n) is 8.65. The second-order valence-corrected chi connectivity index (χ2v) is 6.64. The van der Waals surface area contributed by atoms with Gasteiger partial charge in [0.15, 0.2) is 0 Å². The van der Waals surface area contributed by atoms with Gasteiger partial charge in [-0.2, -0.15) is 5.10 Å². The number of hydrogen-bond acceptors (Lipinski definition) is 4. The lowest BCUT2D eigenvalue weighted by Crippen LogP contribution is -2.40. The zero-order valence-corrected chi connectivity index (χ0v) is 15.0. The van der Waals surface area contributed by atoms with Crippen LogP contribution in [-0.4, -0.2) is 52.0 Å². The maximum absolute atomic E-state index is 13.1. The molecule has 1 fully saturated rings. The largest absolute Gasteiger partial charge is 0.496 e. The molecule has 1 amide bonds. The number of likely N-dealkylation sites (tertiary alicyclic amines) is 1. The van der Waals surface area contributed by atoms with E-state index in [0.29, 0.717) is 30.1 Å². The van der Waals surface area contributed by atoms with Crippen molar-refractivity contribution in [3.63, 3.8) is 0 Å². The van der Waals surface area contributed by atoms with Crippen molar-refractivity contribution in [3.8, 4) is 17.0 Å². The van der Waals surface area contributed by atoms with E-state index in [2.05, 4.69) is 5.10 Å². The highest BCUT2D eigenvalue weighted by molar-refractivity contribution is 6.00. The third kappa shape index (κ3) is 3.54. The number of amides is 1. The third-order valence-electron chi connectivity index (χ3n) is 4.93. The fraction of sp³-hybridized carbons (Fsp3) is 0.474. The van der Waals surface area contributed by atoms with Crippen molar-refractivity contribution in [3.05, 3.63) is 36.0 Å². The first kappa shape index (κ1) is 17.5. The molecule has 6 heteroatoms. The molecule has 1 atom stereocenters. The number of methoxy groups -OCH3 is 1. The number of aryl methyl sites for hydroxylation is 1. The van der Waals surface area contributed by atoms with E-state index in [1.807, 2.05) is 43.1 Å². The second-order valence-electron chi connectivity index (χ2n) is 6.64. The van der Waals surface area contributed by atoms with Crippen molar-refractivity contribution >= 4 is 5.91 Å². The summed E-state index contributed by atoms with van der Waals surface area (Å²) >= 11 is 0. The Morgan fingerprint density at radius 1 is 1.32 bits per heavy atom. The number of hydrogen-bond donors (Lipinski definition) is 1. The van der Waals surface area contributed by atoms with Gasteiger partial charge in [-0.15, -0.1) is 0 Å². The molecule has 2 aromatic rings. The van der Waals surface area contributed by atoms with Gasteiger partial charge in [0.1, 0.15) is 11.4 Å². The Kier molecular flexibility index (Phi) is 5.08. The van der Waals surface area contributed by atoms with E-state index in [1.165, 1.54) is 0 Å². The van der Waals surface area contributed by atoms with Crippen LogP contribution in [0.2, 0.25) is 0 Å². The molecular formula is C19H25N3O3. The standard InChI is InChI=1S/C19H25N3O3/c1-13(23)14-8-10-22(11-9-14)19(24)16-12-21(2)20-18(16)15-6-4-5-7-17(15)25-3/h4-7,12-14,23H,8-11H2,1-3H3. The first-order chi connectivity index (χ1) is 12.0. The van der Waals surface area contributed by atoms with Gasteiger partial charge in [0.2, 0.25) is 0 Å². The van der Waals surface area contributed by atoms with Gasteiger partial charge in [-0.05, 0) is 37.8 Å². The molecule has 25 heavy (non-hydrogen) atoms. The Hall–Kier alpha value is -2.34. The number of piperidine rings is 1. The molecule has 0 radical (unpaired) electrons. The maximum Gasteiger partial charge on any atom is 0.257 e. The van der Waals surface area contributed by atoms with Crippen LogP contribution in [0.1, 0.15) is 30.1 Å². The topological polar surface area (TPSA) is 67.6 Å². The highest BCUT2D eigenvalue weighted by Crippen LogP contribution is 2.32. The predicted octanol–water partition coefficient (Wildman–Crippen LogP) is 2.33. The number of ether oxygens (including phenoxy) is 1. The summed E-state index contributed by atoms with van der Waals surface area (Å²) in [5.74, 6) is 0.952. The molecular weight excluding hydrogens is 318 g/mol. The van der Waals surface area contributed by atoms with Gasteiger partial charge in [-0.25, -0.2) is 0 Å².